The molecule has 1 heterocycles. The maximum absolute atomic E-state index is 14.3. The van der Waals surface area contributed by atoms with Crippen molar-refractivity contribution in [2.24, 2.45) is 0 Å². The maximum atomic E-state index is 14.3. The summed E-state index contributed by atoms with van der Waals surface area (Å²) in [6.07, 6.45) is 0.120. The molecular formula is C32H29IN2O2S. The minimum absolute atomic E-state index is 0.0204. The Morgan fingerprint density at radius 3 is 2.16 bits per heavy atom. The Kier molecular flexibility index (Phi) is 8.19. The summed E-state index contributed by atoms with van der Waals surface area (Å²) in [5.41, 5.74) is 4.20. The molecule has 0 spiro atoms. The third kappa shape index (κ3) is 5.66. The lowest BCUT2D eigenvalue weighted by Crippen LogP contribution is -2.48. The van der Waals surface area contributed by atoms with E-state index in [0.717, 1.165) is 30.7 Å². The van der Waals surface area contributed by atoms with Crippen molar-refractivity contribution in [1.82, 2.24) is 10.2 Å². The average Bonchev–Trinajstić information content (AvgIpc) is 3.21. The Labute approximate surface area is 242 Å². The zero-order valence-electron chi connectivity index (χ0n) is 21.1. The third-order valence-electron chi connectivity index (χ3n) is 6.88. The molecule has 5 rings (SSSR count). The molecule has 0 saturated carbocycles. The number of amides is 2. The van der Waals surface area contributed by atoms with Crippen LogP contribution in [0.5, 0.6) is 0 Å². The number of nitrogens with one attached hydrogen (secondary N) is 1. The van der Waals surface area contributed by atoms with Crippen molar-refractivity contribution in [3.63, 3.8) is 0 Å². The minimum atomic E-state index is -1.04. The van der Waals surface area contributed by atoms with Crippen molar-refractivity contribution in [3.8, 4) is 0 Å². The first-order valence-corrected chi connectivity index (χ1v) is 14.5. The number of rotatable bonds is 8. The second-order valence-corrected chi connectivity index (χ2v) is 12.1. The number of carbonyl (C=O) groups excluding carboxylic acids is 2. The molecule has 192 valence electrons. The normalized spacial score (nSPS) is 18.9. The fourth-order valence-corrected chi connectivity index (χ4v) is 7.08. The molecule has 4 aromatic rings. The highest BCUT2D eigenvalue weighted by Gasteiger charge is 2.58. The summed E-state index contributed by atoms with van der Waals surface area (Å²) in [6, 6.07) is 35.7. The molecule has 0 aliphatic carbocycles. The molecule has 2 atom stereocenters. The number of hydrogen-bond acceptors (Lipinski definition) is 3. The number of halogens is 1. The predicted octanol–water partition coefficient (Wildman–Crippen LogP) is 6.92. The number of hydrogen-bond donors (Lipinski definition) is 1. The van der Waals surface area contributed by atoms with Crippen molar-refractivity contribution < 1.29 is 9.59 Å². The number of aryl methyl sites for hydroxylation is 1. The standard InChI is InChI=1S/C32H29IN2O2S/c1-23-16-18-26(19-17-23)38-32(31(37)34-21-24-10-4-2-5-11-24)20-29(36)35(22-25-12-6-3-7-13-25)30(32)27-14-8-9-15-28(27)33/h2-19,30H,20-22H2,1H3,(H,34,37). The van der Waals surface area contributed by atoms with Gasteiger partial charge in [0.05, 0.1) is 12.5 Å². The summed E-state index contributed by atoms with van der Waals surface area (Å²) >= 11 is 3.83. The Balaban J connectivity index is 1.60. The molecule has 1 fully saturated rings. The number of carbonyl (C=O) groups is 2. The van der Waals surface area contributed by atoms with E-state index in [1.54, 1.807) is 0 Å². The van der Waals surface area contributed by atoms with Crippen molar-refractivity contribution in [2.45, 2.75) is 42.1 Å². The molecule has 38 heavy (non-hydrogen) atoms. The van der Waals surface area contributed by atoms with Gasteiger partial charge in [-0.25, -0.2) is 0 Å². The van der Waals surface area contributed by atoms with Crippen LogP contribution < -0.4 is 5.32 Å². The van der Waals surface area contributed by atoms with Crippen molar-refractivity contribution in [2.75, 3.05) is 0 Å². The van der Waals surface area contributed by atoms with Gasteiger partial charge in [-0.1, -0.05) is 96.6 Å². The van der Waals surface area contributed by atoms with E-state index in [1.807, 2.05) is 103 Å². The molecule has 2 amide bonds. The molecule has 1 aliphatic rings. The zero-order chi connectivity index (χ0) is 26.5. The highest BCUT2D eigenvalue weighted by Crippen LogP contribution is 2.53. The van der Waals surface area contributed by atoms with Gasteiger partial charge in [-0.05, 0) is 64.4 Å². The van der Waals surface area contributed by atoms with Crippen molar-refractivity contribution in [3.05, 3.63) is 135 Å². The molecule has 2 unspecified atom stereocenters. The van der Waals surface area contributed by atoms with Crippen LogP contribution in [0.15, 0.2) is 114 Å². The van der Waals surface area contributed by atoms with Crippen LogP contribution in [-0.4, -0.2) is 21.5 Å². The van der Waals surface area contributed by atoms with Gasteiger partial charge in [-0.15, -0.1) is 11.8 Å². The Bertz CT molecular complexity index is 1410. The van der Waals surface area contributed by atoms with Gasteiger partial charge in [0.15, 0.2) is 0 Å². The van der Waals surface area contributed by atoms with E-state index in [9.17, 15) is 9.59 Å². The molecule has 1 saturated heterocycles. The molecule has 0 radical (unpaired) electrons. The minimum Gasteiger partial charge on any atom is -0.351 e. The fourth-order valence-electron chi connectivity index (χ4n) is 4.98. The quantitative estimate of drug-likeness (QED) is 0.215. The maximum Gasteiger partial charge on any atom is 0.239 e. The highest BCUT2D eigenvalue weighted by atomic mass is 127. The van der Waals surface area contributed by atoms with E-state index in [0.29, 0.717) is 13.1 Å². The largest absolute Gasteiger partial charge is 0.351 e. The van der Waals surface area contributed by atoms with Gasteiger partial charge in [-0.2, -0.15) is 0 Å². The van der Waals surface area contributed by atoms with Gasteiger partial charge in [0, 0.05) is 21.6 Å². The molecule has 4 aromatic carbocycles. The van der Waals surface area contributed by atoms with Gasteiger partial charge in [-0.3, -0.25) is 9.59 Å². The third-order valence-corrected chi connectivity index (χ3v) is 9.29. The Morgan fingerprint density at radius 2 is 1.50 bits per heavy atom. The molecule has 4 nitrogen and oxygen atoms in total. The summed E-state index contributed by atoms with van der Waals surface area (Å²) < 4.78 is -0.00965. The summed E-state index contributed by atoms with van der Waals surface area (Å²) in [7, 11) is 0. The fraction of sp³-hybridized carbons (Fsp3) is 0.188. The number of nitrogens with zero attached hydrogens (tertiary/aromatic N) is 1. The van der Waals surface area contributed by atoms with Gasteiger partial charge >= 0.3 is 0 Å². The molecular weight excluding hydrogens is 603 g/mol. The summed E-state index contributed by atoms with van der Waals surface area (Å²) in [5, 5.41) is 3.20. The van der Waals surface area contributed by atoms with Crippen LogP contribution >= 0.6 is 34.4 Å². The van der Waals surface area contributed by atoms with Crippen LogP contribution in [0, 0.1) is 10.5 Å². The zero-order valence-corrected chi connectivity index (χ0v) is 24.1. The summed E-state index contributed by atoms with van der Waals surface area (Å²) in [4.78, 5) is 31.0. The van der Waals surface area contributed by atoms with Crippen LogP contribution in [0.3, 0.4) is 0 Å². The van der Waals surface area contributed by atoms with Crippen LogP contribution in [0.2, 0.25) is 0 Å². The van der Waals surface area contributed by atoms with Crippen LogP contribution in [0.25, 0.3) is 0 Å². The van der Waals surface area contributed by atoms with E-state index in [4.69, 9.17) is 0 Å². The van der Waals surface area contributed by atoms with E-state index < -0.39 is 10.8 Å². The lowest BCUT2D eigenvalue weighted by Gasteiger charge is -2.37. The lowest BCUT2D eigenvalue weighted by molar-refractivity contribution is -0.129. The van der Waals surface area contributed by atoms with Gasteiger partial charge in [0.1, 0.15) is 4.75 Å². The van der Waals surface area contributed by atoms with Gasteiger partial charge < -0.3 is 10.2 Å². The van der Waals surface area contributed by atoms with Crippen molar-refractivity contribution in [1.29, 1.82) is 0 Å². The van der Waals surface area contributed by atoms with Gasteiger partial charge in [0.2, 0.25) is 11.8 Å². The summed E-state index contributed by atoms with van der Waals surface area (Å²) in [5.74, 6) is -0.145. The van der Waals surface area contributed by atoms with E-state index >= 15 is 0 Å². The highest BCUT2D eigenvalue weighted by molar-refractivity contribution is 14.1. The van der Waals surface area contributed by atoms with E-state index in [2.05, 4.69) is 46.1 Å². The number of benzene rings is 4. The molecule has 0 aromatic heterocycles. The van der Waals surface area contributed by atoms with Crippen LogP contribution in [-0.2, 0) is 22.7 Å². The van der Waals surface area contributed by atoms with E-state index in [-0.39, 0.29) is 18.2 Å². The van der Waals surface area contributed by atoms with Crippen LogP contribution in [0.4, 0.5) is 0 Å². The first kappa shape index (κ1) is 26.5. The van der Waals surface area contributed by atoms with E-state index in [1.165, 1.54) is 11.8 Å². The predicted molar refractivity (Wildman–Crippen MR) is 162 cm³/mol. The Morgan fingerprint density at radius 1 is 0.895 bits per heavy atom. The SMILES string of the molecule is Cc1ccc(SC2(C(=O)NCc3ccccc3)CC(=O)N(Cc3ccccc3)C2c2ccccc2I)cc1. The first-order chi connectivity index (χ1) is 18.5. The lowest BCUT2D eigenvalue weighted by atomic mass is 9.91. The molecule has 1 N–H and O–H groups in total. The number of thioether (sulfide) groups is 1. The second kappa shape index (κ2) is 11.7. The molecule has 0 bridgehead atoms. The first-order valence-electron chi connectivity index (χ1n) is 12.6. The second-order valence-electron chi connectivity index (χ2n) is 9.58. The van der Waals surface area contributed by atoms with Crippen LogP contribution in [0.1, 0.15) is 34.7 Å². The average molecular weight is 633 g/mol. The van der Waals surface area contributed by atoms with Gasteiger partial charge in [0.25, 0.3) is 0 Å². The molecule has 6 heteroatoms. The number of likely N-dealkylation sites (tertiary alicyclic amines) is 1. The molecule has 1 aliphatic heterocycles. The summed E-state index contributed by atoms with van der Waals surface area (Å²) in [6.45, 7) is 2.89. The van der Waals surface area contributed by atoms with Crippen molar-refractivity contribution >= 4 is 46.2 Å². The monoisotopic (exact) mass is 632 g/mol. The Hall–Kier alpha value is -3.10. The topological polar surface area (TPSA) is 49.4 Å². The smallest absolute Gasteiger partial charge is 0.239 e.